The van der Waals surface area contributed by atoms with Crippen LogP contribution in [0.4, 0.5) is 8.78 Å². The van der Waals surface area contributed by atoms with Gasteiger partial charge in [-0.25, -0.2) is 8.78 Å². The third-order valence-corrected chi connectivity index (χ3v) is 7.27. The van der Waals surface area contributed by atoms with Crippen molar-refractivity contribution in [3.05, 3.63) is 63.5 Å². The molecule has 2 aromatic rings. The van der Waals surface area contributed by atoms with Gasteiger partial charge >= 0.3 is 0 Å². The number of rotatable bonds is 2. The zero-order valence-corrected chi connectivity index (χ0v) is 18.0. The van der Waals surface area contributed by atoms with Gasteiger partial charge in [0.2, 0.25) is 5.92 Å². The van der Waals surface area contributed by atoms with Crippen molar-refractivity contribution in [2.24, 2.45) is 5.41 Å². The Morgan fingerprint density at radius 2 is 1.94 bits per heavy atom. The molecule has 3 aliphatic rings. The Kier molecular flexibility index (Phi) is 4.12. The van der Waals surface area contributed by atoms with Gasteiger partial charge in [0.1, 0.15) is 0 Å². The monoisotopic (exact) mass is 421 g/mol. The summed E-state index contributed by atoms with van der Waals surface area (Å²) in [6.07, 6.45) is 1.40. The minimum Gasteiger partial charge on any atom is -0.294 e. The number of ketones is 1. The second-order valence-corrected chi connectivity index (χ2v) is 10.3. The molecular formula is C25H25F2N3O. The van der Waals surface area contributed by atoms with Crippen LogP contribution in [0.2, 0.25) is 0 Å². The Morgan fingerprint density at radius 1 is 1.19 bits per heavy atom. The zero-order valence-electron chi connectivity index (χ0n) is 18.0. The van der Waals surface area contributed by atoms with Crippen molar-refractivity contribution >= 4 is 5.78 Å². The van der Waals surface area contributed by atoms with E-state index in [-0.39, 0.29) is 30.0 Å². The number of aromatic nitrogens is 2. The molecule has 0 bridgehead atoms. The van der Waals surface area contributed by atoms with E-state index in [2.05, 4.69) is 30.1 Å². The SMILES string of the molecule is CC1(C)CC(=O)C2=C(Cc3[nH]nc(C4CC(F)(F)C4)c3C2(C)c2cccc(C#N)c2)C1. The van der Waals surface area contributed by atoms with Gasteiger partial charge in [-0.1, -0.05) is 31.6 Å². The van der Waals surface area contributed by atoms with Crippen molar-refractivity contribution in [3.8, 4) is 6.07 Å². The average molecular weight is 421 g/mol. The van der Waals surface area contributed by atoms with E-state index >= 15 is 0 Å². The maximum atomic E-state index is 13.7. The van der Waals surface area contributed by atoms with E-state index in [4.69, 9.17) is 0 Å². The Morgan fingerprint density at radius 3 is 2.61 bits per heavy atom. The fourth-order valence-corrected chi connectivity index (χ4v) is 5.99. The fraction of sp³-hybridized carbons (Fsp3) is 0.480. The van der Waals surface area contributed by atoms with Crippen LogP contribution in [-0.2, 0) is 16.6 Å². The third kappa shape index (κ3) is 2.97. The van der Waals surface area contributed by atoms with Crippen LogP contribution in [0.5, 0.6) is 0 Å². The number of carbonyl (C=O) groups excluding carboxylic acids is 1. The lowest BCUT2D eigenvalue weighted by Gasteiger charge is -2.45. The first-order chi connectivity index (χ1) is 14.5. The van der Waals surface area contributed by atoms with Crippen molar-refractivity contribution in [2.75, 3.05) is 0 Å². The summed E-state index contributed by atoms with van der Waals surface area (Å²) in [5.74, 6) is -2.88. The first-order valence-electron chi connectivity index (χ1n) is 10.8. The molecule has 31 heavy (non-hydrogen) atoms. The van der Waals surface area contributed by atoms with Crippen molar-refractivity contribution in [3.63, 3.8) is 0 Å². The zero-order chi connectivity index (χ0) is 22.2. The van der Waals surface area contributed by atoms with Crippen LogP contribution < -0.4 is 0 Å². The van der Waals surface area contributed by atoms with Gasteiger partial charge in [0, 0.05) is 53.8 Å². The number of nitriles is 1. The molecule has 5 rings (SSSR count). The number of benzene rings is 1. The normalized spacial score (nSPS) is 26.6. The van der Waals surface area contributed by atoms with E-state index in [1.165, 1.54) is 0 Å². The van der Waals surface area contributed by atoms with Gasteiger partial charge < -0.3 is 0 Å². The summed E-state index contributed by atoms with van der Waals surface area (Å²) in [6.45, 7) is 6.21. The van der Waals surface area contributed by atoms with E-state index in [0.29, 0.717) is 24.1 Å². The first kappa shape index (κ1) is 20.1. The second-order valence-electron chi connectivity index (χ2n) is 10.3. The van der Waals surface area contributed by atoms with Crippen molar-refractivity contribution < 1.29 is 13.6 Å². The van der Waals surface area contributed by atoms with Crippen LogP contribution in [0.15, 0.2) is 35.4 Å². The van der Waals surface area contributed by atoms with Gasteiger partial charge in [0.05, 0.1) is 17.3 Å². The Bertz CT molecular complexity index is 1180. The van der Waals surface area contributed by atoms with Crippen molar-refractivity contribution in [1.82, 2.24) is 10.2 Å². The molecule has 1 aromatic carbocycles. The molecule has 3 aliphatic carbocycles. The molecule has 160 valence electrons. The number of nitrogens with one attached hydrogen (secondary N) is 1. The maximum Gasteiger partial charge on any atom is 0.249 e. The molecule has 0 amide bonds. The highest BCUT2D eigenvalue weighted by atomic mass is 19.3. The van der Waals surface area contributed by atoms with E-state index < -0.39 is 11.3 Å². The number of fused-ring (bicyclic) bond motifs is 1. The predicted molar refractivity (Wildman–Crippen MR) is 112 cm³/mol. The standard InChI is InChI=1S/C25H25F2N3O/c1-23(2)9-15-8-18-21(22(30-29-18)16-10-25(26,27)11-16)24(3,20(15)19(31)12-23)17-6-4-5-14(7-17)13-28/h4-7,16H,8-12H2,1-3H3,(H,29,30). The van der Waals surface area contributed by atoms with Crippen LogP contribution in [0.1, 0.15) is 80.5 Å². The summed E-state index contributed by atoms with van der Waals surface area (Å²) in [4.78, 5) is 13.5. The molecule has 4 nitrogen and oxygen atoms in total. The number of H-pyrrole nitrogens is 1. The van der Waals surface area contributed by atoms with Gasteiger partial charge in [-0.3, -0.25) is 9.89 Å². The number of carbonyl (C=O) groups is 1. The molecule has 0 spiro atoms. The summed E-state index contributed by atoms with van der Waals surface area (Å²) in [5, 5.41) is 17.1. The number of hydrogen-bond acceptors (Lipinski definition) is 3. The minimum absolute atomic E-state index is 0.104. The summed E-state index contributed by atoms with van der Waals surface area (Å²) >= 11 is 0. The summed E-state index contributed by atoms with van der Waals surface area (Å²) in [5.41, 5.74) is 4.66. The van der Waals surface area contributed by atoms with E-state index in [1.807, 2.05) is 25.1 Å². The first-order valence-corrected chi connectivity index (χ1v) is 10.8. The highest BCUT2D eigenvalue weighted by Gasteiger charge is 2.53. The van der Waals surface area contributed by atoms with Gasteiger partial charge in [-0.2, -0.15) is 10.4 Å². The lowest BCUT2D eigenvalue weighted by molar-refractivity contribution is -0.118. The summed E-state index contributed by atoms with van der Waals surface area (Å²) < 4.78 is 27.4. The Hall–Kier alpha value is -2.81. The van der Waals surface area contributed by atoms with Crippen molar-refractivity contribution in [1.29, 1.82) is 5.26 Å². The molecule has 1 aromatic heterocycles. The largest absolute Gasteiger partial charge is 0.294 e. The minimum atomic E-state index is -2.66. The van der Waals surface area contributed by atoms with Crippen LogP contribution in [0.25, 0.3) is 0 Å². The predicted octanol–water partition coefficient (Wildman–Crippen LogP) is 5.34. The van der Waals surface area contributed by atoms with Gasteiger partial charge in [0.15, 0.2) is 5.78 Å². The number of halogens is 2. The molecule has 1 heterocycles. The van der Waals surface area contributed by atoms with Crippen LogP contribution in [0, 0.1) is 16.7 Å². The number of Topliss-reactive ketones (excluding diaryl/α,β-unsaturated/α-hetero) is 1. The van der Waals surface area contributed by atoms with Crippen LogP contribution in [-0.4, -0.2) is 21.9 Å². The quantitative estimate of drug-likeness (QED) is 0.711. The van der Waals surface area contributed by atoms with E-state index in [9.17, 15) is 18.8 Å². The third-order valence-electron chi connectivity index (χ3n) is 7.27. The number of allylic oxidation sites excluding steroid dienone is 2. The Balaban J connectivity index is 1.75. The number of aromatic amines is 1. The summed E-state index contributed by atoms with van der Waals surface area (Å²) in [7, 11) is 0. The second kappa shape index (κ2) is 6.35. The van der Waals surface area contributed by atoms with E-state index in [1.54, 1.807) is 6.07 Å². The smallest absolute Gasteiger partial charge is 0.249 e. The number of hydrogen-bond donors (Lipinski definition) is 1. The molecule has 1 fully saturated rings. The summed E-state index contributed by atoms with van der Waals surface area (Å²) in [6, 6.07) is 9.49. The molecule has 0 saturated heterocycles. The molecule has 1 saturated carbocycles. The lowest BCUT2D eigenvalue weighted by Crippen LogP contribution is -2.42. The topological polar surface area (TPSA) is 69.5 Å². The molecule has 1 unspecified atom stereocenters. The van der Waals surface area contributed by atoms with Gasteiger partial charge in [-0.15, -0.1) is 0 Å². The molecule has 0 aliphatic heterocycles. The average Bonchev–Trinajstić information content (AvgIpc) is 3.09. The lowest BCUT2D eigenvalue weighted by atomic mass is 9.57. The Labute approximate surface area is 180 Å². The fourth-order valence-electron chi connectivity index (χ4n) is 5.99. The van der Waals surface area contributed by atoms with Gasteiger partial charge in [-0.05, 0) is 36.5 Å². The molecule has 1 N–H and O–H groups in total. The van der Waals surface area contributed by atoms with Crippen LogP contribution in [0.3, 0.4) is 0 Å². The highest BCUT2D eigenvalue weighted by Crippen LogP contribution is 2.56. The highest BCUT2D eigenvalue weighted by molar-refractivity contribution is 6.01. The van der Waals surface area contributed by atoms with E-state index in [0.717, 1.165) is 34.4 Å². The maximum absolute atomic E-state index is 13.7. The molecular weight excluding hydrogens is 396 g/mol. The molecule has 1 atom stereocenters. The molecule has 0 radical (unpaired) electrons. The number of alkyl halides is 2. The molecule has 6 heteroatoms. The van der Waals surface area contributed by atoms with Crippen molar-refractivity contribution in [2.45, 2.75) is 70.1 Å². The van der Waals surface area contributed by atoms with Crippen LogP contribution >= 0.6 is 0 Å². The van der Waals surface area contributed by atoms with Gasteiger partial charge in [0.25, 0.3) is 0 Å². The number of nitrogens with zero attached hydrogens (tertiary/aromatic N) is 2.